The van der Waals surface area contributed by atoms with Crippen molar-refractivity contribution in [2.24, 2.45) is 0 Å². The molecular formula is C46H46F3N5O4. The lowest BCUT2D eigenvalue weighted by atomic mass is 9.84. The molecule has 2 unspecified atom stereocenters. The number of alkyl halides is 3. The molecule has 300 valence electrons. The van der Waals surface area contributed by atoms with Crippen molar-refractivity contribution in [1.29, 1.82) is 0 Å². The number of benzene rings is 4. The van der Waals surface area contributed by atoms with Gasteiger partial charge in [-0.15, -0.1) is 0 Å². The van der Waals surface area contributed by atoms with Crippen LogP contribution in [-0.4, -0.2) is 51.5 Å². The summed E-state index contributed by atoms with van der Waals surface area (Å²) >= 11 is 0. The van der Waals surface area contributed by atoms with Crippen LogP contribution in [0.1, 0.15) is 94.5 Å². The number of hydrogen-bond acceptors (Lipinski definition) is 6. The van der Waals surface area contributed by atoms with Crippen molar-refractivity contribution in [3.8, 4) is 22.6 Å². The molecule has 2 atom stereocenters. The van der Waals surface area contributed by atoms with Crippen LogP contribution in [0.3, 0.4) is 0 Å². The van der Waals surface area contributed by atoms with Gasteiger partial charge in [-0.25, -0.2) is 9.97 Å². The van der Waals surface area contributed by atoms with Crippen LogP contribution in [0.25, 0.3) is 22.0 Å². The van der Waals surface area contributed by atoms with E-state index in [1.807, 2.05) is 37.1 Å². The number of nitrogens with one attached hydrogen (secondary N) is 2. The van der Waals surface area contributed by atoms with Crippen molar-refractivity contribution < 1.29 is 32.2 Å². The van der Waals surface area contributed by atoms with E-state index in [9.17, 15) is 22.8 Å². The molecule has 0 spiro atoms. The smallest absolute Gasteiger partial charge is 0.416 e. The zero-order chi connectivity index (χ0) is 41.1. The standard InChI is InChI=1S/C27H28N4O.C17H12F3NO3.C2H6/c1-17-9-11-20(12-10-17)24-14-28-16-29-25(24)21-6-5-13-31(15-21)27(32)23-8-4-7-22-18(2)19(3)30-26(22)23;18-17(19,20)10-3-1-2-9(4-10)11-6-16(22)21-13-7-15-14(5-12(11)13)23-8-24-15;1-2/h4,7-12,14,16,21,30H,5-6,13,15H2,1-3H3;1-5,7,11H,6,8H2,(H,21,22);1-2H3. The van der Waals surface area contributed by atoms with Gasteiger partial charge in [-0.2, -0.15) is 13.2 Å². The number of aryl methyl sites for hydroxylation is 3. The van der Waals surface area contributed by atoms with Crippen LogP contribution in [0.5, 0.6) is 11.5 Å². The van der Waals surface area contributed by atoms with E-state index < -0.39 is 17.7 Å². The molecule has 0 radical (unpaired) electrons. The number of ether oxygens (including phenoxy) is 2. The van der Waals surface area contributed by atoms with Crippen LogP contribution in [0.15, 0.2) is 91.4 Å². The summed E-state index contributed by atoms with van der Waals surface area (Å²) in [7, 11) is 0. The first kappa shape index (κ1) is 40.0. The number of aromatic nitrogens is 3. The third kappa shape index (κ3) is 8.14. The van der Waals surface area contributed by atoms with Crippen LogP contribution >= 0.6 is 0 Å². The fourth-order valence-corrected chi connectivity index (χ4v) is 7.92. The highest BCUT2D eigenvalue weighted by atomic mass is 19.4. The molecule has 1 saturated heterocycles. The second-order valence-corrected chi connectivity index (χ2v) is 14.6. The lowest BCUT2D eigenvalue weighted by Crippen LogP contribution is -2.39. The topological polar surface area (TPSA) is 109 Å². The molecular weight excluding hydrogens is 744 g/mol. The second kappa shape index (κ2) is 16.7. The third-order valence-electron chi connectivity index (χ3n) is 11.0. The van der Waals surface area contributed by atoms with Crippen LogP contribution in [0, 0.1) is 20.8 Å². The van der Waals surface area contributed by atoms with Crippen LogP contribution in [-0.2, 0) is 11.0 Å². The highest BCUT2D eigenvalue weighted by Gasteiger charge is 2.34. The van der Waals surface area contributed by atoms with E-state index >= 15 is 0 Å². The number of carbonyl (C=O) groups is 2. The number of H-pyrrole nitrogens is 1. The number of anilines is 1. The van der Waals surface area contributed by atoms with Gasteiger partial charge < -0.3 is 24.7 Å². The maximum Gasteiger partial charge on any atom is 0.416 e. The van der Waals surface area contributed by atoms with Crippen LogP contribution < -0.4 is 14.8 Å². The van der Waals surface area contributed by atoms with E-state index in [1.165, 1.54) is 17.2 Å². The zero-order valence-corrected chi connectivity index (χ0v) is 33.2. The average molecular weight is 790 g/mol. The number of piperidine rings is 1. The van der Waals surface area contributed by atoms with Gasteiger partial charge in [0.15, 0.2) is 11.5 Å². The Labute approximate surface area is 335 Å². The van der Waals surface area contributed by atoms with Crippen molar-refractivity contribution in [1.82, 2.24) is 19.9 Å². The predicted molar refractivity (Wildman–Crippen MR) is 218 cm³/mol. The van der Waals surface area contributed by atoms with Gasteiger partial charge in [-0.3, -0.25) is 9.59 Å². The molecule has 0 bridgehead atoms. The highest BCUT2D eigenvalue weighted by molar-refractivity contribution is 6.06. The molecule has 2 amide bonds. The fourth-order valence-electron chi connectivity index (χ4n) is 7.92. The van der Waals surface area contributed by atoms with Gasteiger partial charge in [-0.05, 0) is 74.1 Å². The van der Waals surface area contributed by atoms with Gasteiger partial charge >= 0.3 is 6.18 Å². The molecule has 58 heavy (non-hydrogen) atoms. The molecule has 2 N–H and O–H groups in total. The van der Waals surface area contributed by atoms with Crippen molar-refractivity contribution in [3.05, 3.63) is 136 Å². The Bertz CT molecular complexity index is 2460. The van der Waals surface area contributed by atoms with E-state index in [2.05, 4.69) is 71.4 Å². The molecule has 2 aromatic heterocycles. The molecule has 1 fully saturated rings. The van der Waals surface area contributed by atoms with E-state index in [-0.39, 0.29) is 30.9 Å². The molecule has 9 nitrogen and oxygen atoms in total. The van der Waals surface area contributed by atoms with E-state index in [4.69, 9.17) is 9.47 Å². The zero-order valence-electron chi connectivity index (χ0n) is 33.2. The number of aromatic amines is 1. The lowest BCUT2D eigenvalue weighted by molar-refractivity contribution is -0.137. The Morgan fingerprint density at radius 2 is 1.67 bits per heavy atom. The monoisotopic (exact) mass is 789 g/mol. The summed E-state index contributed by atoms with van der Waals surface area (Å²) in [5, 5.41) is 3.86. The van der Waals surface area contributed by atoms with Gasteiger partial charge in [0.05, 0.1) is 22.3 Å². The van der Waals surface area contributed by atoms with Gasteiger partial charge in [0.25, 0.3) is 5.91 Å². The molecule has 5 heterocycles. The first-order chi connectivity index (χ1) is 27.9. The van der Waals surface area contributed by atoms with E-state index in [0.717, 1.165) is 76.1 Å². The molecule has 4 aromatic carbocycles. The lowest BCUT2D eigenvalue weighted by Gasteiger charge is -2.33. The van der Waals surface area contributed by atoms with Crippen molar-refractivity contribution in [3.63, 3.8) is 0 Å². The number of para-hydroxylation sites is 1. The van der Waals surface area contributed by atoms with E-state index in [0.29, 0.717) is 29.3 Å². The molecule has 3 aliphatic heterocycles. The largest absolute Gasteiger partial charge is 0.454 e. The highest BCUT2D eigenvalue weighted by Crippen LogP contribution is 2.45. The summed E-state index contributed by atoms with van der Waals surface area (Å²) < 4.78 is 49.5. The van der Waals surface area contributed by atoms with Gasteiger partial charge in [0.2, 0.25) is 12.7 Å². The minimum atomic E-state index is -4.43. The maximum absolute atomic E-state index is 13.6. The Kier molecular flexibility index (Phi) is 11.6. The van der Waals surface area contributed by atoms with E-state index in [1.54, 1.807) is 24.5 Å². The Morgan fingerprint density at radius 3 is 2.43 bits per heavy atom. The second-order valence-electron chi connectivity index (χ2n) is 14.6. The number of nitrogens with zero attached hydrogens (tertiary/aromatic N) is 3. The summed E-state index contributed by atoms with van der Waals surface area (Å²) in [5.41, 5.74) is 9.43. The molecule has 9 rings (SSSR count). The minimum absolute atomic E-state index is 0.0773. The maximum atomic E-state index is 13.6. The first-order valence-corrected chi connectivity index (χ1v) is 19.6. The predicted octanol–water partition coefficient (Wildman–Crippen LogP) is 10.5. The summed E-state index contributed by atoms with van der Waals surface area (Å²) in [6.07, 6.45) is 1.16. The summed E-state index contributed by atoms with van der Waals surface area (Å²) in [6, 6.07) is 22.9. The van der Waals surface area contributed by atoms with Gasteiger partial charge in [0, 0.05) is 65.9 Å². The van der Waals surface area contributed by atoms with Crippen molar-refractivity contribution in [2.45, 2.75) is 71.9 Å². The Hall–Kier alpha value is -6.17. The Balaban J connectivity index is 0.000000176. The van der Waals surface area contributed by atoms with Crippen molar-refractivity contribution in [2.75, 3.05) is 25.2 Å². The quantitative estimate of drug-likeness (QED) is 0.184. The van der Waals surface area contributed by atoms with Gasteiger partial charge in [-0.1, -0.05) is 74.0 Å². The molecule has 0 saturated carbocycles. The van der Waals surface area contributed by atoms with Crippen molar-refractivity contribution >= 4 is 28.4 Å². The van der Waals surface area contributed by atoms with Crippen LogP contribution in [0.4, 0.5) is 18.9 Å². The van der Waals surface area contributed by atoms with Gasteiger partial charge in [0.1, 0.15) is 6.33 Å². The normalized spacial score (nSPS) is 17.0. The molecule has 12 heteroatoms. The number of halogens is 3. The first-order valence-electron chi connectivity index (χ1n) is 19.6. The summed E-state index contributed by atoms with van der Waals surface area (Å²) in [4.78, 5) is 40.0. The average Bonchev–Trinajstić information content (AvgIpc) is 3.82. The third-order valence-corrected chi connectivity index (χ3v) is 11.0. The van der Waals surface area contributed by atoms with Crippen LogP contribution in [0.2, 0.25) is 0 Å². The number of likely N-dealkylation sites (tertiary alicyclic amines) is 1. The SMILES string of the molecule is CC.Cc1ccc(-c2cncnc2C2CCCN(C(=O)c3cccc4c(C)c(C)[nH]c34)C2)cc1.O=C1CC(c2cccc(C(F)(F)F)c2)c2cc3c(cc2N1)OCO3. The molecule has 3 aliphatic rings. The Morgan fingerprint density at radius 1 is 0.931 bits per heavy atom. The minimum Gasteiger partial charge on any atom is -0.454 e. The number of amides is 2. The number of hydrogen-bond donors (Lipinski definition) is 2. The summed E-state index contributed by atoms with van der Waals surface area (Å²) in [6.45, 7) is 11.8. The number of fused-ring (bicyclic) bond motifs is 3. The number of rotatable bonds is 4. The summed E-state index contributed by atoms with van der Waals surface area (Å²) in [5.74, 6) is 0.612. The fraction of sp³-hybridized carbons (Fsp3) is 0.304. The number of carbonyl (C=O) groups excluding carboxylic acids is 2. The molecule has 0 aliphatic carbocycles. The molecule has 6 aromatic rings.